The number of hydrogen-bond acceptors (Lipinski definition) is 6. The summed E-state index contributed by atoms with van der Waals surface area (Å²) in [6.45, 7) is 4.76. The molecule has 10 nitrogen and oxygen atoms in total. The molecule has 0 aromatic rings. The Bertz CT molecular complexity index is 801. The maximum absolute atomic E-state index is 13.5. The van der Waals surface area contributed by atoms with Crippen molar-refractivity contribution in [3.8, 4) is 0 Å². The monoisotopic (exact) mass is 663 g/mol. The number of amides is 3. The molecule has 0 aromatic heterocycles. The van der Waals surface area contributed by atoms with Crippen molar-refractivity contribution in [2.75, 3.05) is 6.54 Å². The normalized spacial score (nSPS) is 12.2. The average Bonchev–Trinajstić information content (AvgIpc) is 3.00. The summed E-state index contributed by atoms with van der Waals surface area (Å²) in [7, 11) is 0. The Hall–Kier alpha value is -1.49. The van der Waals surface area contributed by atoms with Crippen molar-refractivity contribution in [1.82, 2.24) is 10.2 Å². The number of nitrogens with zero attached hydrogens (tertiary/aromatic N) is 1. The molecule has 0 saturated heterocycles. The van der Waals surface area contributed by atoms with Crippen LogP contribution in [0.25, 0.3) is 0 Å². The van der Waals surface area contributed by atoms with Gasteiger partial charge >= 0.3 is 41.5 Å². The Balaban J connectivity index is -0.00000968. The number of rotatable bonds is 31. The molecule has 0 aliphatic heterocycles. The summed E-state index contributed by atoms with van der Waals surface area (Å²) in [4.78, 5) is 64.8. The van der Waals surface area contributed by atoms with Gasteiger partial charge in [-0.2, -0.15) is 0 Å². The smallest absolute Gasteiger partial charge is 1.00 e. The number of nitrogens with one attached hydrogen (secondary N) is 1. The van der Waals surface area contributed by atoms with E-state index in [9.17, 15) is 34.2 Å². The minimum atomic E-state index is -1.38. The van der Waals surface area contributed by atoms with Crippen molar-refractivity contribution >= 4 is 29.7 Å². The third kappa shape index (κ3) is 24.7. The van der Waals surface area contributed by atoms with E-state index in [1.54, 1.807) is 0 Å². The fourth-order valence-electron chi connectivity index (χ4n) is 5.56. The van der Waals surface area contributed by atoms with Gasteiger partial charge in [0.2, 0.25) is 17.7 Å². The molecule has 11 heteroatoms. The third-order valence-corrected chi connectivity index (χ3v) is 8.33. The van der Waals surface area contributed by atoms with E-state index in [1.165, 1.54) is 51.4 Å². The zero-order valence-corrected chi connectivity index (χ0v) is 31.5. The number of unbranched alkanes of at least 4 members (excludes halogenated alkanes) is 17. The van der Waals surface area contributed by atoms with Crippen LogP contribution in [0.1, 0.15) is 176 Å². The average molecular weight is 664 g/mol. The summed E-state index contributed by atoms with van der Waals surface area (Å²) in [6, 6.07) is -2.60. The Kier molecular flexibility index (Phi) is 32.5. The Morgan fingerprint density at radius 3 is 1.39 bits per heavy atom. The quantitative estimate of drug-likeness (QED) is 0.0632. The number of carboxylic acid groups (broad SMARTS) is 2. The van der Waals surface area contributed by atoms with Gasteiger partial charge in [0.05, 0.1) is 0 Å². The van der Waals surface area contributed by atoms with Crippen molar-refractivity contribution in [2.45, 2.75) is 186 Å². The molecule has 0 rings (SSSR count). The van der Waals surface area contributed by atoms with Gasteiger partial charge < -0.3 is 22.7 Å². The molecule has 0 aliphatic rings. The topological polar surface area (TPSA) is 167 Å². The second kappa shape index (κ2) is 32.1. The molecule has 46 heavy (non-hydrogen) atoms. The van der Waals surface area contributed by atoms with E-state index in [2.05, 4.69) is 19.2 Å². The van der Waals surface area contributed by atoms with E-state index >= 15 is 0 Å². The molecule has 0 saturated carbocycles. The Labute approximate surface area is 302 Å². The van der Waals surface area contributed by atoms with Gasteiger partial charge in [0.25, 0.3) is 0 Å². The van der Waals surface area contributed by atoms with Gasteiger partial charge in [0, 0.05) is 19.3 Å². The number of carbonyl (C=O) groups is 5. The Morgan fingerprint density at radius 1 is 0.609 bits per heavy atom. The molecular weight excluding hydrogens is 597 g/mol. The molecule has 0 radical (unpaired) electrons. The molecule has 5 N–H and O–H groups in total. The van der Waals surface area contributed by atoms with Crippen LogP contribution in [0.3, 0.4) is 0 Å². The number of carboxylic acids is 2. The van der Waals surface area contributed by atoms with Crippen molar-refractivity contribution in [2.24, 2.45) is 5.73 Å². The standard InChI is InChI=1S/C35H65N3O7.Na.H/c1-3-5-7-9-11-13-15-17-19-24-31(39)38(32(40)25-20-18-16-14-12-10-8-6-4-2)30(26-27-33(41)42)34(43)37-29(35(44)45)23-21-22-28-36;;/h29-30H,3-28,36H2,1-2H3,(H,37,43)(H,41,42)(H,44,45);;/q;+1;-1. The second-order valence-corrected chi connectivity index (χ2v) is 12.4. The minimum absolute atomic E-state index is 0. The summed E-state index contributed by atoms with van der Waals surface area (Å²) in [5.74, 6) is -4.20. The zero-order valence-electron chi connectivity index (χ0n) is 30.5. The first-order chi connectivity index (χ1) is 21.7. The van der Waals surface area contributed by atoms with Crippen molar-refractivity contribution in [3.05, 3.63) is 0 Å². The summed E-state index contributed by atoms with van der Waals surface area (Å²) in [5.41, 5.74) is 5.52. The number of imide groups is 1. The molecule has 2 atom stereocenters. The molecule has 3 amide bonds. The maximum Gasteiger partial charge on any atom is 1.00 e. The molecule has 0 bridgehead atoms. The minimum Gasteiger partial charge on any atom is -1.00 e. The van der Waals surface area contributed by atoms with E-state index in [0.29, 0.717) is 32.2 Å². The van der Waals surface area contributed by atoms with E-state index in [0.717, 1.165) is 56.3 Å². The third-order valence-electron chi connectivity index (χ3n) is 8.33. The fraction of sp³-hybridized carbons (Fsp3) is 0.857. The molecule has 0 spiro atoms. The van der Waals surface area contributed by atoms with E-state index in [4.69, 9.17) is 5.73 Å². The van der Waals surface area contributed by atoms with Crippen LogP contribution in [0.2, 0.25) is 0 Å². The first kappa shape index (κ1) is 46.6. The Morgan fingerprint density at radius 2 is 1.02 bits per heavy atom. The van der Waals surface area contributed by atoms with Gasteiger partial charge in [-0.05, 0) is 45.1 Å². The zero-order chi connectivity index (χ0) is 33.7. The molecule has 0 aliphatic carbocycles. The van der Waals surface area contributed by atoms with Gasteiger partial charge in [0.15, 0.2) is 0 Å². The van der Waals surface area contributed by atoms with Crippen LogP contribution in [0.4, 0.5) is 0 Å². The molecule has 0 fully saturated rings. The molecule has 0 heterocycles. The van der Waals surface area contributed by atoms with Crippen LogP contribution >= 0.6 is 0 Å². The van der Waals surface area contributed by atoms with Crippen LogP contribution < -0.4 is 40.6 Å². The van der Waals surface area contributed by atoms with Gasteiger partial charge in [-0.1, -0.05) is 117 Å². The molecule has 0 aromatic carbocycles. The van der Waals surface area contributed by atoms with Crippen molar-refractivity contribution < 1.29 is 65.2 Å². The summed E-state index contributed by atoms with van der Waals surface area (Å²) in [5, 5.41) is 21.5. The summed E-state index contributed by atoms with van der Waals surface area (Å²) in [6.07, 6.45) is 19.7. The van der Waals surface area contributed by atoms with Gasteiger partial charge in [-0.3, -0.25) is 24.1 Å². The predicted octanol–water partition coefficient (Wildman–Crippen LogP) is 4.23. The number of hydrogen-bond donors (Lipinski definition) is 4. The largest absolute Gasteiger partial charge is 1.00 e. The van der Waals surface area contributed by atoms with Gasteiger partial charge in [-0.15, -0.1) is 0 Å². The first-order valence-electron chi connectivity index (χ1n) is 18.0. The SMILES string of the molecule is CCCCCCCCCCCC(=O)N(C(=O)CCCCCCCCCCC)C(CCC(=O)O)C(=O)NC(CCCCN)C(=O)O.[H-].[Na+]. The van der Waals surface area contributed by atoms with Crippen LogP contribution in [0.15, 0.2) is 0 Å². The van der Waals surface area contributed by atoms with Crippen molar-refractivity contribution in [3.63, 3.8) is 0 Å². The van der Waals surface area contributed by atoms with Crippen LogP contribution in [0, 0.1) is 0 Å². The maximum atomic E-state index is 13.5. The fourth-order valence-corrected chi connectivity index (χ4v) is 5.56. The molecular formula is C35H66N3NaO7. The predicted molar refractivity (Wildman–Crippen MR) is 180 cm³/mol. The van der Waals surface area contributed by atoms with Crippen LogP contribution in [-0.4, -0.2) is 63.4 Å². The van der Waals surface area contributed by atoms with Gasteiger partial charge in [-0.25, -0.2) is 4.79 Å². The summed E-state index contributed by atoms with van der Waals surface area (Å²) < 4.78 is 0. The first-order valence-corrected chi connectivity index (χ1v) is 18.0. The summed E-state index contributed by atoms with van der Waals surface area (Å²) >= 11 is 0. The number of nitrogens with two attached hydrogens (primary N) is 1. The van der Waals surface area contributed by atoms with Crippen molar-refractivity contribution in [1.29, 1.82) is 0 Å². The number of carbonyl (C=O) groups excluding carboxylic acids is 3. The van der Waals surface area contributed by atoms with E-state index in [-0.39, 0.29) is 56.7 Å². The van der Waals surface area contributed by atoms with E-state index < -0.39 is 48.2 Å². The number of aliphatic carboxylic acids is 2. The van der Waals surface area contributed by atoms with Crippen LogP contribution in [-0.2, 0) is 24.0 Å². The molecule has 264 valence electrons. The van der Waals surface area contributed by atoms with Crippen LogP contribution in [0.5, 0.6) is 0 Å². The van der Waals surface area contributed by atoms with Gasteiger partial charge in [0.1, 0.15) is 12.1 Å². The van der Waals surface area contributed by atoms with E-state index in [1.807, 2.05) is 0 Å². The molecule has 2 unspecified atom stereocenters. The second-order valence-electron chi connectivity index (χ2n) is 12.4.